The molecular weight excluding hydrogens is 256 g/mol. The van der Waals surface area contributed by atoms with Gasteiger partial charge in [-0.1, -0.05) is 6.07 Å². The van der Waals surface area contributed by atoms with Crippen LogP contribution >= 0.6 is 0 Å². The number of rotatable bonds is 5. The Morgan fingerprint density at radius 1 is 1.20 bits per heavy atom. The third-order valence-corrected chi connectivity index (χ3v) is 3.69. The largest absolute Gasteiger partial charge is 0.495 e. The Balaban J connectivity index is 2.06. The van der Waals surface area contributed by atoms with Gasteiger partial charge in [0.2, 0.25) is 0 Å². The highest BCUT2D eigenvalue weighted by molar-refractivity contribution is 5.45. The van der Waals surface area contributed by atoms with Gasteiger partial charge >= 0.3 is 0 Å². The van der Waals surface area contributed by atoms with Crippen molar-refractivity contribution in [3.8, 4) is 11.8 Å². The molecule has 1 heterocycles. The molecule has 2 rings (SSSR count). The first-order chi connectivity index (χ1) is 9.71. The van der Waals surface area contributed by atoms with Crippen molar-refractivity contribution in [3.05, 3.63) is 29.3 Å². The number of nitrogens with zero attached hydrogens (tertiary/aromatic N) is 2. The van der Waals surface area contributed by atoms with Crippen molar-refractivity contribution >= 4 is 0 Å². The van der Waals surface area contributed by atoms with Gasteiger partial charge in [-0.05, 0) is 17.7 Å². The molecule has 20 heavy (non-hydrogen) atoms. The number of hydrogen-bond acceptors (Lipinski definition) is 5. The lowest BCUT2D eigenvalue weighted by atomic mass is 10.1. The van der Waals surface area contributed by atoms with Crippen LogP contribution in [-0.4, -0.2) is 51.5 Å². The van der Waals surface area contributed by atoms with Crippen molar-refractivity contribution in [2.24, 2.45) is 0 Å². The van der Waals surface area contributed by atoms with Crippen molar-refractivity contribution in [1.82, 2.24) is 4.90 Å². The van der Waals surface area contributed by atoms with Crippen LogP contribution in [0.1, 0.15) is 11.1 Å². The second kappa shape index (κ2) is 6.71. The predicted molar refractivity (Wildman–Crippen MR) is 74.6 cm³/mol. The molecule has 1 aliphatic rings. The average Bonchev–Trinajstić information content (AvgIpc) is 2.89. The maximum atomic E-state index is 9.11. The summed E-state index contributed by atoms with van der Waals surface area (Å²) in [7, 11) is 4.99. The van der Waals surface area contributed by atoms with Crippen LogP contribution in [0.25, 0.3) is 0 Å². The summed E-state index contributed by atoms with van der Waals surface area (Å²) >= 11 is 0. The monoisotopic (exact) mass is 276 g/mol. The zero-order valence-electron chi connectivity index (χ0n) is 12.1. The van der Waals surface area contributed by atoms with Crippen LogP contribution in [0.15, 0.2) is 18.2 Å². The van der Waals surface area contributed by atoms with E-state index in [2.05, 4.69) is 11.0 Å². The van der Waals surface area contributed by atoms with Gasteiger partial charge in [0.1, 0.15) is 11.8 Å². The standard InChI is InChI=1S/C15H20N2O3/c1-18-13-5-4-11(6-12(13)7-16)8-17-9-14(19-2)15(10-17)20-3/h4-6,14-15H,8-10H2,1-3H3. The number of nitriles is 1. The molecule has 0 radical (unpaired) electrons. The molecule has 2 atom stereocenters. The first kappa shape index (κ1) is 14.8. The normalized spacial score (nSPS) is 22.7. The predicted octanol–water partition coefficient (Wildman–Crippen LogP) is 1.41. The molecule has 0 aliphatic carbocycles. The van der Waals surface area contributed by atoms with Crippen molar-refractivity contribution < 1.29 is 14.2 Å². The molecule has 0 N–H and O–H groups in total. The summed E-state index contributed by atoms with van der Waals surface area (Å²) in [6.45, 7) is 2.45. The van der Waals surface area contributed by atoms with E-state index in [0.717, 1.165) is 25.2 Å². The molecular formula is C15H20N2O3. The number of ether oxygens (including phenoxy) is 3. The summed E-state index contributed by atoms with van der Waals surface area (Å²) in [6.07, 6.45) is 0.211. The van der Waals surface area contributed by atoms with Gasteiger partial charge in [0.05, 0.1) is 24.9 Å². The number of hydrogen-bond donors (Lipinski definition) is 0. The van der Waals surface area contributed by atoms with Crippen molar-refractivity contribution in [1.29, 1.82) is 5.26 Å². The molecule has 1 saturated heterocycles. The Morgan fingerprint density at radius 2 is 1.85 bits per heavy atom. The van der Waals surface area contributed by atoms with Crippen LogP contribution in [0, 0.1) is 11.3 Å². The Kier molecular flexibility index (Phi) is 4.96. The quantitative estimate of drug-likeness (QED) is 0.814. The van der Waals surface area contributed by atoms with E-state index in [-0.39, 0.29) is 12.2 Å². The van der Waals surface area contributed by atoms with E-state index >= 15 is 0 Å². The van der Waals surface area contributed by atoms with Crippen molar-refractivity contribution in [3.63, 3.8) is 0 Å². The molecule has 108 valence electrons. The molecule has 5 nitrogen and oxygen atoms in total. The molecule has 0 aromatic heterocycles. The highest BCUT2D eigenvalue weighted by Crippen LogP contribution is 2.22. The molecule has 1 aromatic rings. The second-order valence-corrected chi connectivity index (χ2v) is 4.89. The van der Waals surface area contributed by atoms with Crippen molar-refractivity contribution in [2.75, 3.05) is 34.4 Å². The van der Waals surface area contributed by atoms with Crippen LogP contribution in [0.3, 0.4) is 0 Å². The third-order valence-electron chi connectivity index (χ3n) is 3.69. The average molecular weight is 276 g/mol. The minimum Gasteiger partial charge on any atom is -0.495 e. The van der Waals surface area contributed by atoms with E-state index in [1.165, 1.54) is 0 Å². The minimum atomic E-state index is 0.105. The lowest BCUT2D eigenvalue weighted by Crippen LogP contribution is -2.27. The fourth-order valence-corrected chi connectivity index (χ4v) is 2.60. The minimum absolute atomic E-state index is 0.105. The van der Waals surface area contributed by atoms with Gasteiger partial charge in [0.25, 0.3) is 0 Å². The Hall–Kier alpha value is -1.61. The summed E-state index contributed by atoms with van der Waals surface area (Å²) < 4.78 is 16.0. The first-order valence-corrected chi connectivity index (χ1v) is 6.56. The molecule has 1 fully saturated rings. The summed E-state index contributed by atoms with van der Waals surface area (Å²) in [4.78, 5) is 2.27. The van der Waals surface area contributed by atoms with Gasteiger partial charge < -0.3 is 14.2 Å². The summed E-state index contributed by atoms with van der Waals surface area (Å²) in [5.74, 6) is 0.613. The Morgan fingerprint density at radius 3 is 2.35 bits per heavy atom. The first-order valence-electron chi connectivity index (χ1n) is 6.56. The van der Waals surface area contributed by atoms with Gasteiger partial charge in [0, 0.05) is 33.9 Å². The number of benzene rings is 1. The lowest BCUT2D eigenvalue weighted by molar-refractivity contribution is -0.00461. The second-order valence-electron chi connectivity index (χ2n) is 4.89. The third kappa shape index (κ3) is 3.10. The number of methoxy groups -OCH3 is 3. The van der Waals surface area contributed by atoms with Crippen LogP contribution in [0.2, 0.25) is 0 Å². The van der Waals surface area contributed by atoms with E-state index < -0.39 is 0 Å². The van der Waals surface area contributed by atoms with Gasteiger partial charge in [0.15, 0.2) is 0 Å². The van der Waals surface area contributed by atoms with Crippen LogP contribution in [0.4, 0.5) is 0 Å². The fraction of sp³-hybridized carbons (Fsp3) is 0.533. The summed E-state index contributed by atoms with van der Waals surface area (Å²) in [6, 6.07) is 7.86. The van der Waals surface area contributed by atoms with E-state index in [9.17, 15) is 0 Å². The molecule has 2 unspecified atom stereocenters. The summed E-state index contributed by atoms with van der Waals surface area (Å²) in [5.41, 5.74) is 1.66. The molecule has 0 saturated carbocycles. The molecule has 0 bridgehead atoms. The van der Waals surface area contributed by atoms with E-state index in [0.29, 0.717) is 11.3 Å². The zero-order valence-corrected chi connectivity index (χ0v) is 12.1. The van der Waals surface area contributed by atoms with E-state index in [4.69, 9.17) is 19.5 Å². The Bertz CT molecular complexity index is 486. The smallest absolute Gasteiger partial charge is 0.136 e. The van der Waals surface area contributed by atoms with Crippen LogP contribution in [0.5, 0.6) is 5.75 Å². The zero-order chi connectivity index (χ0) is 14.5. The maximum Gasteiger partial charge on any atom is 0.136 e. The molecule has 0 spiro atoms. The van der Waals surface area contributed by atoms with Gasteiger partial charge in [-0.25, -0.2) is 0 Å². The highest BCUT2D eigenvalue weighted by Gasteiger charge is 2.32. The Labute approximate surface area is 119 Å². The van der Waals surface area contributed by atoms with E-state index in [1.54, 1.807) is 21.3 Å². The molecule has 0 amide bonds. The number of likely N-dealkylation sites (tertiary alicyclic amines) is 1. The van der Waals surface area contributed by atoms with Gasteiger partial charge in [-0.3, -0.25) is 4.90 Å². The van der Waals surface area contributed by atoms with E-state index in [1.807, 2.05) is 18.2 Å². The van der Waals surface area contributed by atoms with Crippen LogP contribution in [-0.2, 0) is 16.0 Å². The molecule has 1 aliphatic heterocycles. The SMILES string of the molecule is COc1ccc(CN2CC(OC)C(OC)C2)cc1C#N. The summed E-state index contributed by atoms with van der Waals surface area (Å²) in [5, 5.41) is 9.11. The maximum absolute atomic E-state index is 9.11. The van der Waals surface area contributed by atoms with Gasteiger partial charge in [-0.15, -0.1) is 0 Å². The topological polar surface area (TPSA) is 54.7 Å². The van der Waals surface area contributed by atoms with Gasteiger partial charge in [-0.2, -0.15) is 5.26 Å². The fourth-order valence-electron chi connectivity index (χ4n) is 2.60. The molecule has 1 aromatic carbocycles. The molecule has 5 heteroatoms. The lowest BCUT2D eigenvalue weighted by Gasteiger charge is -2.15. The van der Waals surface area contributed by atoms with Crippen LogP contribution < -0.4 is 4.74 Å². The highest BCUT2D eigenvalue weighted by atomic mass is 16.5. The van der Waals surface area contributed by atoms with Crippen molar-refractivity contribution in [2.45, 2.75) is 18.8 Å².